The average Bonchev–Trinajstić information content (AvgIpc) is 1.91. The first kappa shape index (κ1) is 8.88. The fourth-order valence-corrected chi connectivity index (χ4v) is 0.486. The summed E-state index contributed by atoms with van der Waals surface area (Å²) >= 11 is 0. The van der Waals surface area contributed by atoms with Gasteiger partial charge in [0.15, 0.2) is 0 Å². The summed E-state index contributed by atoms with van der Waals surface area (Å²) in [5.74, 6) is 0.477. The number of nitrogens with two attached hydrogens (primary N) is 1. The molecule has 0 amide bonds. The molecule has 3 nitrogen and oxygen atoms in total. The molecule has 0 aliphatic carbocycles. The van der Waals surface area contributed by atoms with Crippen LogP contribution in [0.1, 0.15) is 19.4 Å². The molecule has 2 N–H and O–H groups in total. The summed E-state index contributed by atoms with van der Waals surface area (Å²) in [6.07, 6.45) is 1.66. The molecule has 0 saturated carbocycles. The van der Waals surface area contributed by atoms with Crippen molar-refractivity contribution < 1.29 is 0 Å². The van der Waals surface area contributed by atoms with E-state index in [1.807, 2.05) is 20.8 Å². The normalized spacial score (nSPS) is 7.90. The molecule has 0 saturated heterocycles. The summed E-state index contributed by atoms with van der Waals surface area (Å²) in [6, 6.07) is 1.77. The second-order valence-corrected chi connectivity index (χ2v) is 1.66. The van der Waals surface area contributed by atoms with Crippen molar-refractivity contribution >= 4 is 5.82 Å². The van der Waals surface area contributed by atoms with Gasteiger partial charge in [-0.05, 0) is 18.6 Å². The Balaban J connectivity index is 0.000000371. The smallest absolute Gasteiger partial charge is 0.146 e. The quantitative estimate of drug-likeness (QED) is 0.591. The van der Waals surface area contributed by atoms with Crippen LogP contribution in [-0.4, -0.2) is 10.2 Å². The molecule has 1 rings (SSSR count). The predicted molar refractivity (Wildman–Crippen MR) is 42.5 cm³/mol. The van der Waals surface area contributed by atoms with Crippen LogP contribution >= 0.6 is 0 Å². The maximum Gasteiger partial charge on any atom is 0.146 e. The minimum absolute atomic E-state index is 0.477. The molecule has 1 aromatic heterocycles. The Kier molecular flexibility index (Phi) is 4.20. The number of rotatable bonds is 0. The molecule has 0 aliphatic heterocycles. The SMILES string of the molecule is CC.Cc1cnnc(N)c1. The number of nitrogens with zero attached hydrogens (tertiary/aromatic N) is 2. The van der Waals surface area contributed by atoms with Crippen molar-refractivity contribution in [1.82, 2.24) is 10.2 Å². The summed E-state index contributed by atoms with van der Waals surface area (Å²) in [5.41, 5.74) is 6.32. The number of aromatic nitrogens is 2. The van der Waals surface area contributed by atoms with E-state index in [9.17, 15) is 0 Å². The maximum atomic E-state index is 5.28. The van der Waals surface area contributed by atoms with Gasteiger partial charge in [0.25, 0.3) is 0 Å². The fourth-order valence-electron chi connectivity index (χ4n) is 0.486. The van der Waals surface area contributed by atoms with Crippen LogP contribution in [0.5, 0.6) is 0 Å². The topological polar surface area (TPSA) is 51.8 Å². The number of nitrogen functional groups attached to an aromatic ring is 1. The minimum atomic E-state index is 0.477. The zero-order valence-electron chi connectivity index (χ0n) is 6.63. The van der Waals surface area contributed by atoms with Gasteiger partial charge in [0.2, 0.25) is 0 Å². The summed E-state index contributed by atoms with van der Waals surface area (Å²) in [5, 5.41) is 7.18. The van der Waals surface area contributed by atoms with Crippen LogP contribution in [0.15, 0.2) is 12.3 Å². The van der Waals surface area contributed by atoms with Crippen molar-refractivity contribution in [3.05, 3.63) is 17.8 Å². The predicted octanol–water partition coefficient (Wildman–Crippen LogP) is 1.39. The number of anilines is 1. The third kappa shape index (κ3) is 3.02. The molecule has 3 heteroatoms. The molecule has 10 heavy (non-hydrogen) atoms. The highest BCUT2D eigenvalue weighted by Crippen LogP contribution is 1.95. The Morgan fingerprint density at radius 2 is 2.00 bits per heavy atom. The zero-order chi connectivity index (χ0) is 7.98. The van der Waals surface area contributed by atoms with Gasteiger partial charge in [-0.2, -0.15) is 5.10 Å². The lowest BCUT2D eigenvalue weighted by atomic mass is 10.3. The number of hydrogen-bond donors (Lipinski definition) is 1. The van der Waals surface area contributed by atoms with Crippen LogP contribution in [0.2, 0.25) is 0 Å². The monoisotopic (exact) mass is 139 g/mol. The Bertz CT molecular complexity index is 169. The first-order valence-corrected chi connectivity index (χ1v) is 3.34. The first-order chi connectivity index (χ1) is 4.79. The molecule has 0 radical (unpaired) electrons. The van der Waals surface area contributed by atoms with E-state index in [-0.39, 0.29) is 0 Å². The van der Waals surface area contributed by atoms with Gasteiger partial charge in [-0.15, -0.1) is 5.10 Å². The Labute approximate surface area is 61.3 Å². The Morgan fingerprint density at radius 3 is 2.30 bits per heavy atom. The molecule has 0 aliphatic rings. The molecule has 0 spiro atoms. The van der Waals surface area contributed by atoms with E-state index in [1.165, 1.54) is 0 Å². The van der Waals surface area contributed by atoms with Gasteiger partial charge >= 0.3 is 0 Å². The van der Waals surface area contributed by atoms with Crippen LogP contribution in [-0.2, 0) is 0 Å². The second kappa shape index (κ2) is 4.73. The van der Waals surface area contributed by atoms with Gasteiger partial charge in [-0.25, -0.2) is 0 Å². The van der Waals surface area contributed by atoms with Gasteiger partial charge in [-0.3, -0.25) is 0 Å². The van der Waals surface area contributed by atoms with Crippen molar-refractivity contribution in [2.24, 2.45) is 0 Å². The first-order valence-electron chi connectivity index (χ1n) is 3.34. The summed E-state index contributed by atoms with van der Waals surface area (Å²) in [6.45, 7) is 5.92. The lowest BCUT2D eigenvalue weighted by Gasteiger charge is -1.88. The molecular formula is C7H13N3. The minimum Gasteiger partial charge on any atom is -0.382 e. The van der Waals surface area contributed by atoms with E-state index in [2.05, 4.69) is 10.2 Å². The molecule has 0 fully saturated rings. The molecule has 0 aromatic carbocycles. The van der Waals surface area contributed by atoms with Crippen LogP contribution in [0.3, 0.4) is 0 Å². The van der Waals surface area contributed by atoms with Crippen LogP contribution < -0.4 is 5.73 Å². The largest absolute Gasteiger partial charge is 0.382 e. The van der Waals surface area contributed by atoms with Crippen molar-refractivity contribution in [1.29, 1.82) is 0 Å². The molecule has 0 atom stereocenters. The fraction of sp³-hybridized carbons (Fsp3) is 0.429. The van der Waals surface area contributed by atoms with Crippen LogP contribution in [0.4, 0.5) is 5.82 Å². The van der Waals surface area contributed by atoms with Gasteiger partial charge in [0, 0.05) is 0 Å². The molecule has 56 valence electrons. The lowest BCUT2D eigenvalue weighted by Crippen LogP contribution is -1.91. The Hall–Kier alpha value is -1.12. The van der Waals surface area contributed by atoms with E-state index in [1.54, 1.807) is 12.3 Å². The second-order valence-electron chi connectivity index (χ2n) is 1.66. The standard InChI is InChI=1S/C5H7N3.C2H6/c1-4-2-5(6)8-7-3-4;1-2/h2-3H,1H3,(H2,6,8);1-2H3. The van der Waals surface area contributed by atoms with Crippen molar-refractivity contribution in [2.75, 3.05) is 5.73 Å². The van der Waals surface area contributed by atoms with Gasteiger partial charge in [0.1, 0.15) is 5.82 Å². The summed E-state index contributed by atoms with van der Waals surface area (Å²) < 4.78 is 0. The van der Waals surface area contributed by atoms with Gasteiger partial charge in [-0.1, -0.05) is 13.8 Å². The van der Waals surface area contributed by atoms with Gasteiger partial charge in [0.05, 0.1) is 6.20 Å². The van der Waals surface area contributed by atoms with E-state index in [4.69, 9.17) is 5.73 Å². The highest BCUT2D eigenvalue weighted by atomic mass is 15.1. The van der Waals surface area contributed by atoms with E-state index in [0.717, 1.165) is 5.56 Å². The summed E-state index contributed by atoms with van der Waals surface area (Å²) in [7, 11) is 0. The number of hydrogen-bond acceptors (Lipinski definition) is 3. The average molecular weight is 139 g/mol. The van der Waals surface area contributed by atoms with Crippen LogP contribution in [0, 0.1) is 6.92 Å². The highest BCUT2D eigenvalue weighted by molar-refractivity contribution is 5.28. The third-order valence-corrected chi connectivity index (χ3v) is 0.810. The third-order valence-electron chi connectivity index (χ3n) is 0.810. The molecule has 0 unspecified atom stereocenters. The van der Waals surface area contributed by atoms with E-state index < -0.39 is 0 Å². The molecule has 0 bridgehead atoms. The Morgan fingerprint density at radius 1 is 1.40 bits per heavy atom. The van der Waals surface area contributed by atoms with Crippen LogP contribution in [0.25, 0.3) is 0 Å². The molecular weight excluding hydrogens is 126 g/mol. The zero-order valence-corrected chi connectivity index (χ0v) is 6.63. The van der Waals surface area contributed by atoms with E-state index >= 15 is 0 Å². The van der Waals surface area contributed by atoms with Crippen molar-refractivity contribution in [2.45, 2.75) is 20.8 Å². The van der Waals surface area contributed by atoms with E-state index in [0.29, 0.717) is 5.82 Å². The summed E-state index contributed by atoms with van der Waals surface area (Å²) in [4.78, 5) is 0. The lowest BCUT2D eigenvalue weighted by molar-refractivity contribution is 1.03. The van der Waals surface area contributed by atoms with Crippen molar-refractivity contribution in [3.63, 3.8) is 0 Å². The molecule has 1 aromatic rings. The number of aryl methyl sites for hydroxylation is 1. The van der Waals surface area contributed by atoms with Crippen molar-refractivity contribution in [3.8, 4) is 0 Å². The maximum absolute atomic E-state index is 5.28. The van der Waals surface area contributed by atoms with Gasteiger partial charge < -0.3 is 5.73 Å². The molecule has 1 heterocycles. The highest BCUT2D eigenvalue weighted by Gasteiger charge is 1.84.